The highest BCUT2D eigenvalue weighted by molar-refractivity contribution is 5.91. The fourth-order valence-corrected chi connectivity index (χ4v) is 1.93. The van der Waals surface area contributed by atoms with E-state index in [4.69, 9.17) is 4.42 Å². The molecule has 0 bridgehead atoms. The summed E-state index contributed by atoms with van der Waals surface area (Å²) >= 11 is 0. The second-order valence-corrected chi connectivity index (χ2v) is 4.58. The van der Waals surface area contributed by atoms with E-state index in [9.17, 15) is 14.9 Å². The van der Waals surface area contributed by atoms with E-state index in [-0.39, 0.29) is 12.3 Å². The summed E-state index contributed by atoms with van der Waals surface area (Å²) in [6, 6.07) is 9.76. The van der Waals surface area contributed by atoms with Crippen molar-refractivity contribution in [2.45, 2.75) is 6.54 Å². The van der Waals surface area contributed by atoms with Crippen LogP contribution in [0.4, 0.5) is 5.88 Å². The van der Waals surface area contributed by atoms with Gasteiger partial charge in [-0.15, -0.1) is 0 Å². The molecule has 0 aliphatic rings. The van der Waals surface area contributed by atoms with Gasteiger partial charge in [0.1, 0.15) is 17.6 Å². The molecule has 1 N–H and O–H groups in total. The van der Waals surface area contributed by atoms with Gasteiger partial charge < -0.3 is 9.73 Å². The Hall–Kier alpha value is -3.49. The topological polar surface area (TPSA) is 116 Å². The zero-order valence-corrected chi connectivity index (χ0v) is 11.7. The Bertz CT molecular complexity index is 823. The number of hydrogen-bond donors (Lipinski definition) is 1. The molecule has 116 valence electrons. The highest BCUT2D eigenvalue weighted by Crippen LogP contribution is 2.15. The van der Waals surface area contributed by atoms with E-state index in [2.05, 4.69) is 15.4 Å². The van der Waals surface area contributed by atoms with Gasteiger partial charge >= 0.3 is 5.88 Å². The predicted octanol–water partition coefficient (Wildman–Crippen LogP) is 1.70. The van der Waals surface area contributed by atoms with Crippen molar-refractivity contribution in [3.63, 3.8) is 0 Å². The molecule has 0 spiro atoms. The lowest BCUT2D eigenvalue weighted by atomic mass is 10.2. The minimum atomic E-state index is -0.695. The first-order valence-electron chi connectivity index (χ1n) is 6.60. The molecular formula is C14H11N5O4. The van der Waals surface area contributed by atoms with Crippen LogP contribution in [0.5, 0.6) is 0 Å². The lowest BCUT2D eigenvalue weighted by molar-refractivity contribution is -0.402. The van der Waals surface area contributed by atoms with Crippen LogP contribution in [0.2, 0.25) is 0 Å². The maximum Gasteiger partial charge on any atom is 0.433 e. The summed E-state index contributed by atoms with van der Waals surface area (Å²) in [5.74, 6) is -1.08. The van der Waals surface area contributed by atoms with Crippen LogP contribution in [-0.4, -0.2) is 25.6 Å². The van der Waals surface area contributed by atoms with Crippen LogP contribution in [0, 0.1) is 10.1 Å². The van der Waals surface area contributed by atoms with Gasteiger partial charge in [0.15, 0.2) is 5.76 Å². The number of nitrogens with zero attached hydrogens (tertiary/aromatic N) is 4. The van der Waals surface area contributed by atoms with Crippen molar-refractivity contribution in [1.82, 2.24) is 20.1 Å². The summed E-state index contributed by atoms with van der Waals surface area (Å²) in [6.45, 7) is 0.269. The average molecular weight is 313 g/mol. The largest absolute Gasteiger partial charge is 0.433 e. The fraction of sp³-hybridized carbons (Fsp3) is 0.0714. The van der Waals surface area contributed by atoms with Crippen molar-refractivity contribution in [2.24, 2.45) is 0 Å². The number of carbonyl (C=O) groups excluding carboxylic acids is 1. The summed E-state index contributed by atoms with van der Waals surface area (Å²) in [7, 11) is 0. The smallest absolute Gasteiger partial charge is 0.395 e. The number of nitrogens with one attached hydrogen (secondary N) is 1. The third-order valence-electron chi connectivity index (χ3n) is 3.07. The number of carbonyl (C=O) groups is 1. The monoisotopic (exact) mass is 313 g/mol. The maximum atomic E-state index is 11.9. The summed E-state index contributed by atoms with van der Waals surface area (Å²) < 4.78 is 6.45. The first-order chi connectivity index (χ1) is 11.1. The van der Waals surface area contributed by atoms with E-state index < -0.39 is 16.7 Å². The molecule has 0 aliphatic heterocycles. The van der Waals surface area contributed by atoms with E-state index >= 15 is 0 Å². The van der Waals surface area contributed by atoms with Gasteiger partial charge in [-0.25, -0.2) is 9.67 Å². The molecule has 0 aliphatic carbocycles. The molecule has 2 aromatic heterocycles. The number of nitro groups is 1. The number of rotatable bonds is 5. The van der Waals surface area contributed by atoms with Gasteiger partial charge in [0, 0.05) is 6.54 Å². The molecule has 0 radical (unpaired) electrons. The van der Waals surface area contributed by atoms with E-state index in [1.807, 2.05) is 24.3 Å². The molecule has 0 unspecified atom stereocenters. The Balaban J connectivity index is 1.61. The van der Waals surface area contributed by atoms with E-state index in [1.54, 1.807) is 11.0 Å². The third kappa shape index (κ3) is 3.23. The van der Waals surface area contributed by atoms with Gasteiger partial charge in [-0.2, -0.15) is 5.10 Å². The first kappa shape index (κ1) is 14.4. The van der Waals surface area contributed by atoms with E-state index in [1.165, 1.54) is 12.4 Å². The summed E-state index contributed by atoms with van der Waals surface area (Å²) in [5, 5.41) is 17.2. The molecule has 1 aromatic carbocycles. The molecule has 9 heteroatoms. The van der Waals surface area contributed by atoms with E-state index in [0.29, 0.717) is 0 Å². The Morgan fingerprint density at radius 1 is 1.26 bits per heavy atom. The van der Waals surface area contributed by atoms with Crippen molar-refractivity contribution < 1.29 is 14.1 Å². The second-order valence-electron chi connectivity index (χ2n) is 4.58. The van der Waals surface area contributed by atoms with Crippen LogP contribution in [0.1, 0.15) is 16.1 Å². The number of aromatic nitrogens is 3. The van der Waals surface area contributed by atoms with Gasteiger partial charge in [0.2, 0.25) is 0 Å². The molecule has 0 saturated heterocycles. The normalized spacial score (nSPS) is 10.4. The van der Waals surface area contributed by atoms with Crippen molar-refractivity contribution in [3.05, 3.63) is 70.5 Å². The first-order valence-corrected chi connectivity index (χ1v) is 6.60. The predicted molar refractivity (Wildman–Crippen MR) is 77.9 cm³/mol. The Morgan fingerprint density at radius 2 is 2.04 bits per heavy atom. The van der Waals surface area contributed by atoms with Crippen LogP contribution >= 0.6 is 0 Å². The lowest BCUT2D eigenvalue weighted by Crippen LogP contribution is -2.22. The number of benzene rings is 1. The molecular weight excluding hydrogens is 302 g/mol. The number of furan rings is 1. The summed E-state index contributed by atoms with van der Waals surface area (Å²) in [6.07, 6.45) is 3.03. The SMILES string of the molecule is O=C(NCc1ccc(-n2cncn2)cc1)c1ccc([N+](=O)[O-])o1. The maximum absolute atomic E-state index is 11.9. The van der Waals surface area contributed by atoms with Gasteiger partial charge in [-0.3, -0.25) is 14.9 Å². The van der Waals surface area contributed by atoms with Gasteiger partial charge in [0.25, 0.3) is 5.91 Å². The molecule has 3 rings (SSSR count). The lowest BCUT2D eigenvalue weighted by Gasteiger charge is -2.05. The average Bonchev–Trinajstić information content (AvgIpc) is 3.24. The Kier molecular flexibility index (Phi) is 3.83. The highest BCUT2D eigenvalue weighted by atomic mass is 16.6. The zero-order valence-electron chi connectivity index (χ0n) is 11.7. The third-order valence-corrected chi connectivity index (χ3v) is 3.07. The van der Waals surface area contributed by atoms with Crippen LogP contribution in [0.15, 0.2) is 53.5 Å². The minimum Gasteiger partial charge on any atom is -0.395 e. The minimum absolute atomic E-state index is 0.101. The molecule has 23 heavy (non-hydrogen) atoms. The van der Waals surface area contributed by atoms with Crippen molar-refractivity contribution >= 4 is 11.8 Å². The number of amides is 1. The Labute approximate surface area is 129 Å². The van der Waals surface area contributed by atoms with Crippen LogP contribution in [-0.2, 0) is 6.54 Å². The van der Waals surface area contributed by atoms with Crippen LogP contribution in [0.3, 0.4) is 0 Å². The van der Waals surface area contributed by atoms with E-state index in [0.717, 1.165) is 17.3 Å². The molecule has 0 saturated carbocycles. The molecule has 9 nitrogen and oxygen atoms in total. The van der Waals surface area contributed by atoms with Gasteiger partial charge in [0.05, 0.1) is 11.8 Å². The fourth-order valence-electron chi connectivity index (χ4n) is 1.93. The highest BCUT2D eigenvalue weighted by Gasteiger charge is 2.16. The Morgan fingerprint density at radius 3 is 2.65 bits per heavy atom. The summed E-state index contributed by atoms with van der Waals surface area (Å²) in [5.41, 5.74) is 1.71. The van der Waals surface area contributed by atoms with Crippen molar-refractivity contribution in [3.8, 4) is 5.69 Å². The van der Waals surface area contributed by atoms with Crippen molar-refractivity contribution in [2.75, 3.05) is 0 Å². The molecule has 1 amide bonds. The number of hydrogen-bond acceptors (Lipinski definition) is 6. The summed E-state index contributed by atoms with van der Waals surface area (Å²) in [4.78, 5) is 25.5. The van der Waals surface area contributed by atoms with Gasteiger partial charge in [-0.05, 0) is 23.8 Å². The standard InChI is InChI=1S/C14H11N5O4/c20-14(12-5-6-13(23-12)19(21)22)16-7-10-1-3-11(4-2-10)18-9-15-8-17-18/h1-6,8-9H,7H2,(H,16,20). The molecule has 2 heterocycles. The van der Waals surface area contributed by atoms with Gasteiger partial charge in [-0.1, -0.05) is 12.1 Å². The molecule has 0 fully saturated rings. The van der Waals surface area contributed by atoms with Crippen LogP contribution < -0.4 is 5.32 Å². The second kappa shape index (κ2) is 6.10. The quantitative estimate of drug-likeness (QED) is 0.566. The molecule has 0 atom stereocenters. The molecule has 3 aromatic rings. The van der Waals surface area contributed by atoms with Crippen LogP contribution in [0.25, 0.3) is 5.69 Å². The van der Waals surface area contributed by atoms with Crippen molar-refractivity contribution in [1.29, 1.82) is 0 Å². The zero-order chi connectivity index (χ0) is 16.2.